The molecule has 1 fully saturated rings. The van der Waals surface area contributed by atoms with Crippen molar-refractivity contribution in [3.05, 3.63) is 58.1 Å². The summed E-state index contributed by atoms with van der Waals surface area (Å²) in [5.41, 5.74) is -0.603. The van der Waals surface area contributed by atoms with Gasteiger partial charge in [-0.3, -0.25) is 4.79 Å². The number of carbonyl (C=O) groups excluding carboxylic acids is 1. The maximum Gasteiger partial charge on any atom is 0.259 e. The molecule has 0 aliphatic carbocycles. The standard InChI is InChI=1S/C17H15ClN2O4S/c1-8-6-11(13(22)12(18)7-8)17(15(24)19-16(25)20-17)14(23)9-2-4-10(21)5-3-9/h2-7,14,21-23H,1H3,(H2,19,20,24,25)/t14-,17+/m1/s1. The van der Waals surface area contributed by atoms with Crippen LogP contribution in [0.15, 0.2) is 36.4 Å². The molecule has 0 unspecified atom stereocenters. The van der Waals surface area contributed by atoms with Crippen LogP contribution in [0, 0.1) is 6.92 Å². The number of phenolic OH excluding ortho intramolecular Hbond substituents is 2. The summed E-state index contributed by atoms with van der Waals surface area (Å²) in [6.07, 6.45) is -1.41. The van der Waals surface area contributed by atoms with E-state index in [0.717, 1.165) is 0 Å². The Hall–Kier alpha value is -2.35. The van der Waals surface area contributed by atoms with E-state index in [2.05, 4.69) is 10.6 Å². The maximum atomic E-state index is 12.7. The predicted molar refractivity (Wildman–Crippen MR) is 96.5 cm³/mol. The van der Waals surface area contributed by atoms with E-state index in [0.29, 0.717) is 11.1 Å². The third-order valence-corrected chi connectivity index (χ3v) is 4.64. The molecule has 0 radical (unpaired) electrons. The fourth-order valence-corrected chi connectivity index (χ4v) is 3.47. The third-order valence-electron chi connectivity index (χ3n) is 4.15. The van der Waals surface area contributed by atoms with E-state index in [1.807, 2.05) is 0 Å². The molecule has 1 aliphatic heterocycles. The van der Waals surface area contributed by atoms with Gasteiger partial charge in [-0.25, -0.2) is 0 Å². The molecule has 6 nitrogen and oxygen atoms in total. The summed E-state index contributed by atoms with van der Waals surface area (Å²) in [6, 6.07) is 8.84. The van der Waals surface area contributed by atoms with Crippen LogP contribution >= 0.6 is 23.8 Å². The van der Waals surface area contributed by atoms with Gasteiger partial charge in [-0.2, -0.15) is 0 Å². The van der Waals surface area contributed by atoms with Crippen molar-refractivity contribution in [3.8, 4) is 11.5 Å². The number of nitrogens with one attached hydrogen (secondary N) is 2. The van der Waals surface area contributed by atoms with Crippen molar-refractivity contribution in [2.24, 2.45) is 0 Å². The quantitative estimate of drug-likeness (QED) is 0.524. The second-order valence-corrected chi connectivity index (χ2v) is 6.67. The SMILES string of the molecule is Cc1cc(Cl)c(O)c([C@@]2([C@H](O)c3ccc(O)cc3)NC(=S)NC2=O)c1. The normalized spacial score (nSPS) is 20.9. The van der Waals surface area contributed by atoms with Gasteiger partial charge in [-0.05, 0) is 54.5 Å². The number of aliphatic hydroxyl groups is 1. The highest BCUT2D eigenvalue weighted by atomic mass is 35.5. The second kappa shape index (κ2) is 6.18. The van der Waals surface area contributed by atoms with Gasteiger partial charge in [0.1, 0.15) is 17.6 Å². The monoisotopic (exact) mass is 378 g/mol. The Kier molecular flexibility index (Phi) is 4.32. The van der Waals surface area contributed by atoms with Crippen LogP contribution in [0.3, 0.4) is 0 Å². The van der Waals surface area contributed by atoms with Gasteiger partial charge < -0.3 is 26.0 Å². The van der Waals surface area contributed by atoms with Crippen LogP contribution in [0.2, 0.25) is 5.02 Å². The molecule has 8 heteroatoms. The molecule has 0 saturated carbocycles. The second-order valence-electron chi connectivity index (χ2n) is 5.85. The van der Waals surface area contributed by atoms with Crippen LogP contribution in [0.5, 0.6) is 11.5 Å². The van der Waals surface area contributed by atoms with E-state index in [1.54, 1.807) is 19.1 Å². The summed E-state index contributed by atoms with van der Waals surface area (Å²) in [4.78, 5) is 12.7. The van der Waals surface area contributed by atoms with Crippen molar-refractivity contribution < 1.29 is 20.1 Å². The molecule has 1 amide bonds. The first kappa shape index (κ1) is 17.5. The number of aryl methyl sites for hydroxylation is 1. The van der Waals surface area contributed by atoms with E-state index >= 15 is 0 Å². The van der Waals surface area contributed by atoms with Gasteiger partial charge in [0.2, 0.25) is 0 Å². The summed E-state index contributed by atoms with van der Waals surface area (Å²) in [5, 5.41) is 36.2. The lowest BCUT2D eigenvalue weighted by Crippen LogP contribution is -2.49. The number of benzene rings is 2. The zero-order chi connectivity index (χ0) is 18.4. The average Bonchev–Trinajstić information content (AvgIpc) is 2.86. The summed E-state index contributed by atoms with van der Waals surface area (Å²) < 4.78 is 0. The first-order chi connectivity index (χ1) is 11.8. The smallest absolute Gasteiger partial charge is 0.259 e. The van der Waals surface area contributed by atoms with Gasteiger partial charge in [-0.15, -0.1) is 0 Å². The van der Waals surface area contributed by atoms with Crippen molar-refractivity contribution in [1.29, 1.82) is 0 Å². The molecule has 1 saturated heterocycles. The van der Waals surface area contributed by atoms with Crippen LogP contribution < -0.4 is 10.6 Å². The first-order valence-electron chi connectivity index (χ1n) is 7.36. The summed E-state index contributed by atoms with van der Waals surface area (Å²) in [5.74, 6) is -0.918. The highest BCUT2D eigenvalue weighted by molar-refractivity contribution is 7.80. The number of hydrogen-bond acceptors (Lipinski definition) is 5. The van der Waals surface area contributed by atoms with Gasteiger partial charge >= 0.3 is 0 Å². The molecular weight excluding hydrogens is 364 g/mol. The number of rotatable bonds is 3. The minimum Gasteiger partial charge on any atom is -0.508 e. The molecule has 0 spiro atoms. The number of phenols is 2. The minimum atomic E-state index is -1.76. The number of halogens is 1. The fraction of sp³-hybridized carbons (Fsp3) is 0.176. The van der Waals surface area contributed by atoms with E-state index in [-0.39, 0.29) is 27.2 Å². The number of carbonyl (C=O) groups is 1. The van der Waals surface area contributed by atoms with Crippen LogP contribution in [-0.2, 0) is 10.3 Å². The van der Waals surface area contributed by atoms with Gasteiger partial charge in [0.15, 0.2) is 10.7 Å². The predicted octanol–water partition coefficient (Wildman–Crippen LogP) is 1.99. The molecule has 1 heterocycles. The van der Waals surface area contributed by atoms with Crippen LogP contribution in [0.1, 0.15) is 22.8 Å². The number of thiocarbonyl (C=S) groups is 1. The van der Waals surface area contributed by atoms with Crippen LogP contribution in [0.25, 0.3) is 0 Å². The van der Waals surface area contributed by atoms with E-state index in [9.17, 15) is 20.1 Å². The van der Waals surface area contributed by atoms with Gasteiger partial charge in [0.05, 0.1) is 5.02 Å². The largest absolute Gasteiger partial charge is 0.508 e. The van der Waals surface area contributed by atoms with Crippen molar-refractivity contribution in [1.82, 2.24) is 10.6 Å². The Balaban J connectivity index is 2.24. The van der Waals surface area contributed by atoms with E-state index in [4.69, 9.17) is 23.8 Å². The lowest BCUT2D eigenvalue weighted by molar-refractivity contribution is -0.129. The van der Waals surface area contributed by atoms with Gasteiger partial charge in [0, 0.05) is 5.56 Å². The van der Waals surface area contributed by atoms with Crippen molar-refractivity contribution >= 4 is 34.8 Å². The average molecular weight is 379 g/mol. The highest BCUT2D eigenvalue weighted by Crippen LogP contribution is 2.44. The fourth-order valence-electron chi connectivity index (χ4n) is 2.94. The Morgan fingerprint density at radius 2 is 1.84 bits per heavy atom. The van der Waals surface area contributed by atoms with Crippen LogP contribution in [0.4, 0.5) is 0 Å². The summed E-state index contributed by atoms with van der Waals surface area (Å²) in [6.45, 7) is 1.75. The maximum absolute atomic E-state index is 12.7. The summed E-state index contributed by atoms with van der Waals surface area (Å²) >= 11 is 11.1. The molecule has 0 bridgehead atoms. The third kappa shape index (κ3) is 2.80. The minimum absolute atomic E-state index is 0.0193. The number of aliphatic hydroxyl groups excluding tert-OH is 1. The lowest BCUT2D eigenvalue weighted by Gasteiger charge is -2.33. The molecule has 2 atom stereocenters. The molecular formula is C17H15ClN2O4S. The Morgan fingerprint density at radius 3 is 2.40 bits per heavy atom. The molecule has 3 rings (SSSR count). The summed E-state index contributed by atoms with van der Waals surface area (Å²) in [7, 11) is 0. The number of hydrogen-bond donors (Lipinski definition) is 5. The Bertz CT molecular complexity index is 872. The Labute approximate surface area is 154 Å². The first-order valence-corrected chi connectivity index (χ1v) is 8.14. The Morgan fingerprint density at radius 1 is 1.20 bits per heavy atom. The molecule has 25 heavy (non-hydrogen) atoms. The van der Waals surface area contributed by atoms with Gasteiger partial charge in [0.25, 0.3) is 5.91 Å². The van der Waals surface area contributed by atoms with E-state index < -0.39 is 17.6 Å². The number of amides is 1. The van der Waals surface area contributed by atoms with Crippen molar-refractivity contribution in [2.75, 3.05) is 0 Å². The lowest BCUT2D eigenvalue weighted by atomic mass is 9.80. The van der Waals surface area contributed by atoms with E-state index in [1.165, 1.54) is 24.3 Å². The van der Waals surface area contributed by atoms with Crippen LogP contribution in [-0.4, -0.2) is 26.3 Å². The zero-order valence-corrected chi connectivity index (χ0v) is 14.6. The topological polar surface area (TPSA) is 102 Å². The molecule has 5 N–H and O–H groups in total. The molecule has 0 aromatic heterocycles. The van der Waals surface area contributed by atoms with Gasteiger partial charge in [-0.1, -0.05) is 23.7 Å². The molecule has 1 aliphatic rings. The number of aromatic hydroxyl groups is 2. The molecule has 2 aromatic rings. The molecule has 2 aromatic carbocycles. The van der Waals surface area contributed by atoms with Crippen molar-refractivity contribution in [3.63, 3.8) is 0 Å². The van der Waals surface area contributed by atoms with Crippen molar-refractivity contribution in [2.45, 2.75) is 18.6 Å². The highest BCUT2D eigenvalue weighted by Gasteiger charge is 2.54. The molecule has 130 valence electrons. The zero-order valence-electron chi connectivity index (χ0n) is 13.1.